The van der Waals surface area contributed by atoms with Crippen LogP contribution in [0, 0.1) is 27.7 Å². The molecule has 0 atom stereocenters. The van der Waals surface area contributed by atoms with Crippen molar-refractivity contribution in [3.8, 4) is 0 Å². The van der Waals surface area contributed by atoms with Crippen molar-refractivity contribution < 1.29 is 12.3 Å². The molecule has 0 bridgehead atoms. The number of pyridine rings is 1. The summed E-state index contributed by atoms with van der Waals surface area (Å²) in [6.07, 6.45) is 0. The largest absolute Gasteiger partial charge is 0.453 e. The lowest BCUT2D eigenvalue weighted by Gasteiger charge is -2.10. The molecule has 0 aliphatic carbocycles. The fraction of sp³-hybridized carbons (Fsp3) is 0.294. The van der Waals surface area contributed by atoms with Crippen LogP contribution < -0.4 is 2.78 Å². The predicted octanol–water partition coefficient (Wildman–Crippen LogP) is 3.76. The molecular weight excluding hydrogens is 377 g/mol. The fourth-order valence-electron chi connectivity index (χ4n) is 2.22. The molecule has 110 valence electrons. The van der Waals surface area contributed by atoms with E-state index in [4.69, 9.17) is 4.74 Å². The van der Waals surface area contributed by atoms with Crippen LogP contribution in [0.3, 0.4) is 0 Å². The Bertz CT molecular complexity index is 652. The average Bonchev–Trinajstić information content (AvgIpc) is 2.50. The van der Waals surface area contributed by atoms with Gasteiger partial charge in [-0.05, 0) is 31.9 Å². The van der Waals surface area contributed by atoms with Crippen LogP contribution >= 0.6 is 22.9 Å². The van der Waals surface area contributed by atoms with E-state index in [1.54, 1.807) is 0 Å². The minimum Gasteiger partial charge on any atom is -0.453 e. The third kappa shape index (κ3) is 3.26. The van der Waals surface area contributed by atoms with Crippen molar-refractivity contribution >= 4 is 28.8 Å². The van der Waals surface area contributed by atoms with Gasteiger partial charge in [-0.2, -0.15) is 0 Å². The van der Waals surface area contributed by atoms with Crippen molar-refractivity contribution in [2.45, 2.75) is 34.3 Å². The van der Waals surface area contributed by atoms with E-state index >= 15 is 0 Å². The third-order valence-electron chi connectivity index (χ3n) is 3.92. The minimum atomic E-state index is -0.281. The van der Waals surface area contributed by atoms with E-state index in [-0.39, 0.29) is 5.97 Å². The topological polar surface area (TPSA) is 30.2 Å². The molecule has 2 aromatic rings. The van der Waals surface area contributed by atoms with E-state index in [1.165, 1.54) is 5.56 Å². The van der Waals surface area contributed by atoms with Crippen LogP contribution in [0.15, 0.2) is 30.3 Å². The second-order valence-corrected chi connectivity index (χ2v) is 6.12. The number of benzene rings is 1. The molecule has 3 nitrogen and oxygen atoms in total. The SMILES string of the molecule is Cc1c(C)c(C)[n+](I)c(C(=O)OCc2ccccc2)c1C. The number of aromatic nitrogens is 1. The molecule has 0 spiro atoms. The van der Waals surface area contributed by atoms with Gasteiger partial charge in [0.15, 0.2) is 5.69 Å². The molecule has 0 aliphatic rings. The highest BCUT2D eigenvalue weighted by Crippen LogP contribution is 2.19. The zero-order valence-electron chi connectivity index (χ0n) is 12.7. The Morgan fingerprint density at radius 1 is 1.05 bits per heavy atom. The molecule has 21 heavy (non-hydrogen) atoms. The van der Waals surface area contributed by atoms with Crippen LogP contribution in [0.1, 0.15) is 38.4 Å². The van der Waals surface area contributed by atoms with Gasteiger partial charge in [-0.15, -0.1) is 2.78 Å². The highest BCUT2D eigenvalue weighted by Gasteiger charge is 2.28. The first-order chi connectivity index (χ1) is 9.93. The summed E-state index contributed by atoms with van der Waals surface area (Å²) in [6, 6.07) is 9.72. The maximum Gasteiger partial charge on any atom is 0.405 e. The molecule has 0 saturated carbocycles. The second-order valence-electron chi connectivity index (χ2n) is 5.15. The number of carbonyl (C=O) groups excluding carboxylic acids is 1. The lowest BCUT2D eigenvalue weighted by atomic mass is 10.0. The summed E-state index contributed by atoms with van der Waals surface area (Å²) in [4.78, 5) is 12.4. The van der Waals surface area contributed by atoms with Crippen molar-refractivity contribution in [2.75, 3.05) is 0 Å². The number of esters is 1. The monoisotopic (exact) mass is 396 g/mol. The molecule has 1 heterocycles. The summed E-state index contributed by atoms with van der Waals surface area (Å²) in [6.45, 7) is 8.40. The first-order valence-electron chi connectivity index (χ1n) is 6.83. The van der Waals surface area contributed by atoms with Crippen LogP contribution in [0.5, 0.6) is 0 Å². The number of hydrogen-bond donors (Lipinski definition) is 0. The molecule has 2 rings (SSSR count). The van der Waals surface area contributed by atoms with Crippen LogP contribution in [0.2, 0.25) is 0 Å². The lowest BCUT2D eigenvalue weighted by molar-refractivity contribution is -0.454. The normalized spacial score (nSPS) is 10.5. The molecular formula is C17H19INO2+. The Hall–Kier alpha value is -1.43. The van der Waals surface area contributed by atoms with Gasteiger partial charge < -0.3 is 4.74 Å². The van der Waals surface area contributed by atoms with Crippen LogP contribution in [-0.2, 0) is 11.3 Å². The molecule has 0 amide bonds. The Morgan fingerprint density at radius 2 is 1.67 bits per heavy atom. The molecule has 0 fully saturated rings. The van der Waals surface area contributed by atoms with Crippen LogP contribution in [0.4, 0.5) is 0 Å². The van der Waals surface area contributed by atoms with Gasteiger partial charge in [0.1, 0.15) is 6.61 Å². The van der Waals surface area contributed by atoms with Gasteiger partial charge in [0, 0.05) is 18.1 Å². The van der Waals surface area contributed by atoms with Crippen molar-refractivity contribution in [1.82, 2.24) is 0 Å². The fourth-order valence-corrected chi connectivity index (χ4v) is 3.14. The van der Waals surface area contributed by atoms with Crippen molar-refractivity contribution in [3.05, 3.63) is 64.0 Å². The summed E-state index contributed by atoms with van der Waals surface area (Å²) in [5, 5.41) is 0. The number of carbonyl (C=O) groups is 1. The summed E-state index contributed by atoms with van der Waals surface area (Å²) < 4.78 is 7.35. The van der Waals surface area contributed by atoms with Crippen LogP contribution in [0.25, 0.3) is 0 Å². The molecule has 4 heteroatoms. The Balaban J connectivity index is 2.28. The first-order valence-corrected chi connectivity index (χ1v) is 7.79. The van der Waals surface area contributed by atoms with Gasteiger partial charge in [-0.1, -0.05) is 30.3 Å². The third-order valence-corrected chi connectivity index (χ3v) is 5.13. The predicted molar refractivity (Wildman–Crippen MR) is 90.6 cm³/mol. The molecule has 0 N–H and O–H groups in total. The smallest absolute Gasteiger partial charge is 0.405 e. The zero-order chi connectivity index (χ0) is 15.6. The van der Waals surface area contributed by atoms with Gasteiger partial charge in [-0.25, -0.2) is 4.79 Å². The number of hydrogen-bond acceptors (Lipinski definition) is 2. The maximum atomic E-state index is 12.4. The average molecular weight is 396 g/mol. The maximum absolute atomic E-state index is 12.4. The highest BCUT2D eigenvalue weighted by molar-refractivity contribution is 14.1. The Morgan fingerprint density at radius 3 is 2.29 bits per heavy atom. The number of ether oxygens (including phenoxy) is 1. The first kappa shape index (κ1) is 15.9. The summed E-state index contributed by atoms with van der Waals surface area (Å²) in [5.41, 5.74) is 6.01. The van der Waals surface area contributed by atoms with E-state index in [0.717, 1.165) is 22.4 Å². The number of nitrogens with zero attached hydrogens (tertiary/aromatic N) is 1. The summed E-state index contributed by atoms with van der Waals surface area (Å²) >= 11 is 2.16. The van der Waals surface area contributed by atoms with Crippen LogP contribution in [-0.4, -0.2) is 5.97 Å². The molecule has 1 aromatic heterocycles. The Kier molecular flexibility index (Phi) is 4.98. The van der Waals surface area contributed by atoms with Gasteiger partial charge in [-0.3, -0.25) is 0 Å². The highest BCUT2D eigenvalue weighted by atomic mass is 127. The zero-order valence-corrected chi connectivity index (χ0v) is 14.9. The summed E-state index contributed by atoms with van der Waals surface area (Å²) in [7, 11) is 0. The molecule has 0 aliphatic heterocycles. The number of rotatable bonds is 3. The van der Waals surface area contributed by atoms with E-state index in [1.807, 2.05) is 53.9 Å². The molecule has 0 unspecified atom stereocenters. The molecule has 1 aromatic carbocycles. The second kappa shape index (κ2) is 6.56. The van der Waals surface area contributed by atoms with E-state index in [0.29, 0.717) is 12.3 Å². The standard InChI is InChI=1S/C17H19INO2/c1-11-12(2)14(4)19(18)16(13(11)3)17(20)21-10-15-8-6-5-7-9-15/h5-9H,10H2,1-4H3/q+1. The Labute approximate surface area is 139 Å². The quantitative estimate of drug-likeness (QED) is 0.584. The van der Waals surface area contributed by atoms with Gasteiger partial charge in [0.25, 0.3) is 0 Å². The van der Waals surface area contributed by atoms with E-state index in [2.05, 4.69) is 29.8 Å². The lowest BCUT2D eigenvalue weighted by Crippen LogP contribution is -2.36. The number of halogens is 1. The molecule has 0 saturated heterocycles. The van der Waals surface area contributed by atoms with Gasteiger partial charge >= 0.3 is 34.5 Å². The van der Waals surface area contributed by atoms with Crippen molar-refractivity contribution in [3.63, 3.8) is 0 Å². The van der Waals surface area contributed by atoms with Crippen molar-refractivity contribution in [2.24, 2.45) is 0 Å². The molecule has 0 radical (unpaired) electrons. The van der Waals surface area contributed by atoms with E-state index in [9.17, 15) is 4.79 Å². The van der Waals surface area contributed by atoms with Crippen molar-refractivity contribution in [1.29, 1.82) is 0 Å². The van der Waals surface area contributed by atoms with Gasteiger partial charge in [0.05, 0.1) is 0 Å². The van der Waals surface area contributed by atoms with E-state index < -0.39 is 0 Å². The van der Waals surface area contributed by atoms with Gasteiger partial charge in [0.2, 0.25) is 0 Å². The summed E-state index contributed by atoms with van der Waals surface area (Å²) in [5.74, 6) is -0.281. The minimum absolute atomic E-state index is 0.281.